The Balaban J connectivity index is 1.80. The van der Waals surface area contributed by atoms with E-state index in [4.69, 9.17) is 10.3 Å². The third kappa shape index (κ3) is 2.77. The van der Waals surface area contributed by atoms with Gasteiger partial charge in [0.25, 0.3) is 11.7 Å². The van der Waals surface area contributed by atoms with Crippen molar-refractivity contribution in [2.75, 3.05) is 6.54 Å². The van der Waals surface area contributed by atoms with Crippen LogP contribution in [-0.2, 0) is 6.54 Å². The molecule has 1 aliphatic rings. The summed E-state index contributed by atoms with van der Waals surface area (Å²) < 4.78 is 5.15. The average molecular weight is 303 g/mol. The summed E-state index contributed by atoms with van der Waals surface area (Å²) >= 11 is 0. The number of aryl methyl sites for hydroxylation is 1. The zero-order valence-corrected chi connectivity index (χ0v) is 12.2. The second-order valence-electron chi connectivity index (χ2n) is 5.37. The maximum atomic E-state index is 11.1. The van der Waals surface area contributed by atoms with E-state index in [1.165, 1.54) is 0 Å². The number of likely N-dealkylation sites (tertiary alicyclic amines) is 1. The summed E-state index contributed by atoms with van der Waals surface area (Å²) in [5.74, 6) is -0.283. The predicted molar refractivity (Wildman–Crippen MR) is 75.8 cm³/mol. The molecule has 0 radical (unpaired) electrons. The number of nitrogens with two attached hydrogens (primary N) is 1. The highest BCUT2D eigenvalue weighted by atomic mass is 16.5. The standard InChI is InChI=1S/C14H17N5O3/c1-8-4-5-11(20)9(16-8)7-19-6-2-3-10(19)14-17-13(12(15)21)18-22-14/h4-5,10,20H,2-3,6-7H2,1H3,(H2,15,21). The minimum absolute atomic E-state index is 0.0951. The van der Waals surface area contributed by atoms with Crippen LogP contribution < -0.4 is 5.73 Å². The lowest BCUT2D eigenvalue weighted by atomic mass is 10.2. The molecule has 22 heavy (non-hydrogen) atoms. The number of aromatic hydroxyl groups is 1. The Morgan fingerprint density at radius 1 is 1.50 bits per heavy atom. The van der Waals surface area contributed by atoms with E-state index in [1.54, 1.807) is 12.1 Å². The monoisotopic (exact) mass is 303 g/mol. The van der Waals surface area contributed by atoms with Crippen molar-refractivity contribution in [2.24, 2.45) is 5.73 Å². The van der Waals surface area contributed by atoms with E-state index >= 15 is 0 Å². The van der Waals surface area contributed by atoms with Gasteiger partial charge in [0.15, 0.2) is 0 Å². The first-order chi connectivity index (χ1) is 10.5. The molecule has 0 spiro atoms. The van der Waals surface area contributed by atoms with Crippen LogP contribution >= 0.6 is 0 Å². The Kier molecular flexibility index (Phi) is 3.76. The molecular weight excluding hydrogens is 286 g/mol. The van der Waals surface area contributed by atoms with Crippen molar-refractivity contribution in [3.8, 4) is 5.75 Å². The van der Waals surface area contributed by atoms with Gasteiger partial charge in [-0.3, -0.25) is 14.7 Å². The summed E-state index contributed by atoms with van der Waals surface area (Å²) in [7, 11) is 0. The lowest BCUT2D eigenvalue weighted by Crippen LogP contribution is -2.24. The van der Waals surface area contributed by atoms with E-state index in [1.807, 2.05) is 6.92 Å². The van der Waals surface area contributed by atoms with Crippen molar-refractivity contribution >= 4 is 5.91 Å². The van der Waals surface area contributed by atoms with Gasteiger partial charge in [0.2, 0.25) is 5.89 Å². The molecule has 2 aromatic rings. The zero-order valence-electron chi connectivity index (χ0n) is 12.2. The molecule has 2 aromatic heterocycles. The summed E-state index contributed by atoms with van der Waals surface area (Å²) in [6, 6.07) is 3.31. The van der Waals surface area contributed by atoms with Crippen LogP contribution in [0.25, 0.3) is 0 Å². The molecule has 1 aliphatic heterocycles. The van der Waals surface area contributed by atoms with Crippen LogP contribution in [0.1, 0.15) is 46.8 Å². The Morgan fingerprint density at radius 3 is 3.05 bits per heavy atom. The number of nitrogens with zero attached hydrogens (tertiary/aromatic N) is 4. The van der Waals surface area contributed by atoms with Crippen LogP contribution in [0.4, 0.5) is 0 Å². The number of carbonyl (C=O) groups excluding carboxylic acids is 1. The Morgan fingerprint density at radius 2 is 2.32 bits per heavy atom. The molecule has 0 aromatic carbocycles. The molecule has 1 amide bonds. The molecule has 8 nitrogen and oxygen atoms in total. The average Bonchev–Trinajstić information content (AvgIpc) is 3.11. The van der Waals surface area contributed by atoms with Gasteiger partial charge in [-0.05, 0) is 38.4 Å². The lowest BCUT2D eigenvalue weighted by molar-refractivity contribution is 0.0987. The highest BCUT2D eigenvalue weighted by Crippen LogP contribution is 2.33. The second-order valence-corrected chi connectivity index (χ2v) is 5.37. The van der Waals surface area contributed by atoms with Gasteiger partial charge in [-0.25, -0.2) is 0 Å². The van der Waals surface area contributed by atoms with Gasteiger partial charge in [0, 0.05) is 12.2 Å². The Bertz CT molecular complexity index is 700. The molecule has 3 N–H and O–H groups in total. The number of hydrogen-bond acceptors (Lipinski definition) is 7. The second kappa shape index (κ2) is 5.72. The smallest absolute Gasteiger partial charge is 0.290 e. The Hall–Kier alpha value is -2.48. The van der Waals surface area contributed by atoms with Gasteiger partial charge >= 0.3 is 0 Å². The fraction of sp³-hybridized carbons (Fsp3) is 0.429. The van der Waals surface area contributed by atoms with Crippen LogP contribution in [0, 0.1) is 6.92 Å². The number of amides is 1. The third-order valence-corrected chi connectivity index (χ3v) is 3.75. The number of primary amides is 1. The minimum atomic E-state index is -0.711. The van der Waals surface area contributed by atoms with Gasteiger partial charge in [0.1, 0.15) is 5.75 Å². The summed E-state index contributed by atoms with van der Waals surface area (Å²) in [6.07, 6.45) is 1.80. The first-order valence-electron chi connectivity index (χ1n) is 7.07. The van der Waals surface area contributed by atoms with Crippen molar-refractivity contribution in [2.45, 2.75) is 32.4 Å². The highest BCUT2D eigenvalue weighted by molar-refractivity contribution is 5.88. The first-order valence-corrected chi connectivity index (χ1v) is 7.07. The topological polar surface area (TPSA) is 118 Å². The fourth-order valence-corrected chi connectivity index (χ4v) is 2.68. The van der Waals surface area contributed by atoms with E-state index in [0.29, 0.717) is 18.1 Å². The van der Waals surface area contributed by atoms with Crippen LogP contribution in [0.3, 0.4) is 0 Å². The van der Waals surface area contributed by atoms with E-state index in [9.17, 15) is 9.90 Å². The predicted octanol–water partition coefficient (Wildman–Crippen LogP) is 0.915. The summed E-state index contributed by atoms with van der Waals surface area (Å²) in [5, 5.41) is 13.5. The first kappa shape index (κ1) is 14.5. The van der Waals surface area contributed by atoms with Crippen LogP contribution in [0.2, 0.25) is 0 Å². The molecule has 3 heterocycles. The van der Waals surface area contributed by atoms with Crippen molar-refractivity contribution in [3.63, 3.8) is 0 Å². The van der Waals surface area contributed by atoms with Crippen molar-refractivity contribution in [1.82, 2.24) is 20.0 Å². The molecule has 0 aliphatic carbocycles. The van der Waals surface area contributed by atoms with Gasteiger partial charge < -0.3 is 15.4 Å². The molecule has 3 rings (SSSR count). The van der Waals surface area contributed by atoms with Gasteiger partial charge in [0.05, 0.1) is 11.7 Å². The number of pyridine rings is 1. The summed E-state index contributed by atoms with van der Waals surface area (Å²) in [5.41, 5.74) is 6.60. The molecule has 8 heteroatoms. The molecule has 1 atom stereocenters. The van der Waals surface area contributed by atoms with Gasteiger partial charge in [-0.1, -0.05) is 5.16 Å². The number of aromatic nitrogens is 3. The number of carbonyl (C=O) groups is 1. The summed E-state index contributed by atoms with van der Waals surface area (Å²) in [6.45, 7) is 3.18. The number of rotatable bonds is 4. The van der Waals surface area contributed by atoms with E-state index in [2.05, 4.69) is 20.0 Å². The van der Waals surface area contributed by atoms with Crippen molar-refractivity contribution in [1.29, 1.82) is 0 Å². The van der Waals surface area contributed by atoms with Gasteiger partial charge in [-0.2, -0.15) is 4.98 Å². The summed E-state index contributed by atoms with van der Waals surface area (Å²) in [4.78, 5) is 21.6. The lowest BCUT2D eigenvalue weighted by Gasteiger charge is -2.21. The molecule has 1 fully saturated rings. The normalized spacial score (nSPS) is 18.7. The van der Waals surface area contributed by atoms with Crippen LogP contribution in [0.15, 0.2) is 16.7 Å². The highest BCUT2D eigenvalue weighted by Gasteiger charge is 2.32. The molecule has 116 valence electrons. The van der Waals surface area contributed by atoms with Crippen molar-refractivity contribution in [3.05, 3.63) is 35.2 Å². The van der Waals surface area contributed by atoms with Crippen LogP contribution in [-0.4, -0.2) is 37.6 Å². The zero-order chi connectivity index (χ0) is 15.7. The van der Waals surface area contributed by atoms with E-state index in [-0.39, 0.29) is 17.6 Å². The molecule has 1 saturated heterocycles. The van der Waals surface area contributed by atoms with Crippen molar-refractivity contribution < 1.29 is 14.4 Å². The van der Waals surface area contributed by atoms with Crippen LogP contribution in [0.5, 0.6) is 5.75 Å². The third-order valence-electron chi connectivity index (χ3n) is 3.75. The molecule has 0 bridgehead atoms. The van der Waals surface area contributed by atoms with E-state index < -0.39 is 5.91 Å². The molecule has 1 unspecified atom stereocenters. The van der Waals surface area contributed by atoms with Gasteiger partial charge in [-0.15, -0.1) is 0 Å². The SMILES string of the molecule is Cc1ccc(O)c(CN2CCCC2c2nc(C(N)=O)no2)n1. The molecular formula is C14H17N5O3. The maximum absolute atomic E-state index is 11.1. The number of hydrogen-bond donors (Lipinski definition) is 2. The molecule has 0 saturated carbocycles. The quantitative estimate of drug-likeness (QED) is 0.861. The Labute approximate surface area is 126 Å². The van der Waals surface area contributed by atoms with E-state index in [0.717, 1.165) is 25.1 Å². The maximum Gasteiger partial charge on any atom is 0.290 e. The largest absolute Gasteiger partial charge is 0.506 e. The minimum Gasteiger partial charge on any atom is -0.506 e. The fourth-order valence-electron chi connectivity index (χ4n) is 2.68.